The van der Waals surface area contributed by atoms with Crippen molar-refractivity contribution in [2.75, 3.05) is 25.0 Å². The van der Waals surface area contributed by atoms with Crippen molar-refractivity contribution >= 4 is 11.9 Å². The maximum absolute atomic E-state index is 12.1. The number of ether oxygens (including phenoxy) is 1. The van der Waals surface area contributed by atoms with Crippen LogP contribution in [0.3, 0.4) is 0 Å². The number of nitrogens with zero attached hydrogens (tertiary/aromatic N) is 2. The second kappa shape index (κ2) is 6.99. The molecule has 0 aromatic carbocycles. The number of carbonyl (C=O) groups excluding carboxylic acids is 1. The van der Waals surface area contributed by atoms with E-state index in [-0.39, 0.29) is 6.09 Å². The van der Waals surface area contributed by atoms with Gasteiger partial charge in [-0.3, -0.25) is 0 Å². The number of hydrogen-bond donors (Lipinski definition) is 1. The number of rotatable bonds is 3. The molecule has 1 N–H and O–H groups in total. The lowest BCUT2D eigenvalue weighted by Crippen LogP contribution is -2.44. The standard InChI is InChI=1S/C17H27N3O2/c1-13-7-8-18-15(10-13)19-11-14-6-5-9-20(12-14)16(21)22-17(2,3)4/h7-8,10,14H,5-6,9,11-12H2,1-4H3,(H,18,19)/t14-/m1/s1. The van der Waals surface area contributed by atoms with E-state index in [1.165, 1.54) is 5.56 Å². The second-order valence-electron chi connectivity index (χ2n) is 7.03. The van der Waals surface area contributed by atoms with Crippen LogP contribution in [-0.2, 0) is 4.74 Å². The Morgan fingerprint density at radius 2 is 2.27 bits per heavy atom. The number of aryl methyl sites for hydroxylation is 1. The Labute approximate surface area is 133 Å². The fraction of sp³-hybridized carbons (Fsp3) is 0.647. The molecule has 1 saturated heterocycles. The molecule has 1 aliphatic heterocycles. The lowest BCUT2D eigenvalue weighted by Gasteiger charge is -2.34. The van der Waals surface area contributed by atoms with Crippen LogP contribution in [0.25, 0.3) is 0 Å². The molecular weight excluding hydrogens is 278 g/mol. The maximum Gasteiger partial charge on any atom is 0.410 e. The van der Waals surface area contributed by atoms with Crippen molar-refractivity contribution in [3.8, 4) is 0 Å². The Hall–Kier alpha value is -1.78. The SMILES string of the molecule is Cc1ccnc(NC[C@H]2CCCN(C(=O)OC(C)(C)C)C2)c1. The van der Waals surface area contributed by atoms with Gasteiger partial charge in [0.25, 0.3) is 0 Å². The van der Waals surface area contributed by atoms with Crippen LogP contribution >= 0.6 is 0 Å². The molecule has 0 radical (unpaired) electrons. The third kappa shape index (κ3) is 5.20. The predicted octanol–water partition coefficient (Wildman–Crippen LogP) is 3.45. The van der Waals surface area contributed by atoms with Crippen LogP contribution in [-0.4, -0.2) is 41.2 Å². The molecule has 2 heterocycles. The van der Waals surface area contributed by atoms with E-state index >= 15 is 0 Å². The summed E-state index contributed by atoms with van der Waals surface area (Å²) in [6.45, 7) is 10.1. The first-order chi connectivity index (χ1) is 10.3. The number of aromatic nitrogens is 1. The van der Waals surface area contributed by atoms with E-state index in [1.54, 1.807) is 0 Å². The number of carbonyl (C=O) groups is 1. The maximum atomic E-state index is 12.1. The van der Waals surface area contributed by atoms with Gasteiger partial charge in [-0.1, -0.05) is 0 Å². The van der Waals surface area contributed by atoms with Crippen molar-refractivity contribution in [3.63, 3.8) is 0 Å². The Morgan fingerprint density at radius 1 is 1.50 bits per heavy atom. The van der Waals surface area contributed by atoms with E-state index < -0.39 is 5.60 Å². The minimum Gasteiger partial charge on any atom is -0.444 e. The summed E-state index contributed by atoms with van der Waals surface area (Å²) in [5, 5.41) is 3.37. The molecule has 1 aliphatic rings. The fourth-order valence-corrected chi connectivity index (χ4v) is 2.61. The van der Waals surface area contributed by atoms with Gasteiger partial charge in [0.15, 0.2) is 0 Å². The molecule has 1 aromatic heterocycles. The first-order valence-corrected chi connectivity index (χ1v) is 7.98. The van der Waals surface area contributed by atoms with Gasteiger partial charge in [-0.2, -0.15) is 0 Å². The molecule has 5 heteroatoms. The molecule has 122 valence electrons. The molecule has 1 amide bonds. The molecule has 0 bridgehead atoms. The van der Waals surface area contributed by atoms with E-state index in [9.17, 15) is 4.79 Å². The number of nitrogens with one attached hydrogen (secondary N) is 1. The lowest BCUT2D eigenvalue weighted by atomic mass is 9.98. The lowest BCUT2D eigenvalue weighted by molar-refractivity contribution is 0.0172. The van der Waals surface area contributed by atoms with Crippen LogP contribution < -0.4 is 5.32 Å². The van der Waals surface area contributed by atoms with Gasteiger partial charge in [0.1, 0.15) is 11.4 Å². The van der Waals surface area contributed by atoms with E-state index in [2.05, 4.69) is 17.2 Å². The first-order valence-electron chi connectivity index (χ1n) is 7.98. The number of pyridine rings is 1. The minimum absolute atomic E-state index is 0.203. The van der Waals surface area contributed by atoms with Crippen LogP contribution in [0, 0.1) is 12.8 Å². The summed E-state index contributed by atoms with van der Waals surface area (Å²) in [7, 11) is 0. The van der Waals surface area contributed by atoms with Crippen LogP contribution in [0.5, 0.6) is 0 Å². The zero-order chi connectivity index (χ0) is 16.2. The summed E-state index contributed by atoms with van der Waals surface area (Å²) in [5.41, 5.74) is 0.754. The van der Waals surface area contributed by atoms with Gasteiger partial charge in [0.05, 0.1) is 0 Å². The van der Waals surface area contributed by atoms with Crippen LogP contribution in [0.4, 0.5) is 10.6 Å². The molecule has 0 unspecified atom stereocenters. The summed E-state index contributed by atoms with van der Waals surface area (Å²) < 4.78 is 5.46. The van der Waals surface area contributed by atoms with Gasteiger partial charge in [0, 0.05) is 25.8 Å². The van der Waals surface area contributed by atoms with E-state index in [1.807, 2.05) is 44.0 Å². The predicted molar refractivity (Wildman–Crippen MR) is 88.0 cm³/mol. The summed E-state index contributed by atoms with van der Waals surface area (Å²) >= 11 is 0. The highest BCUT2D eigenvalue weighted by atomic mass is 16.6. The normalized spacial score (nSPS) is 18.9. The number of likely N-dealkylation sites (tertiary alicyclic amines) is 1. The van der Waals surface area contributed by atoms with Crippen molar-refractivity contribution in [2.24, 2.45) is 5.92 Å². The molecule has 0 aliphatic carbocycles. The zero-order valence-electron chi connectivity index (χ0n) is 14.1. The minimum atomic E-state index is -0.437. The summed E-state index contributed by atoms with van der Waals surface area (Å²) in [6, 6.07) is 4.02. The first kappa shape index (κ1) is 16.6. The largest absolute Gasteiger partial charge is 0.444 e. The van der Waals surface area contributed by atoms with Gasteiger partial charge >= 0.3 is 6.09 Å². The smallest absolute Gasteiger partial charge is 0.410 e. The average molecular weight is 305 g/mol. The van der Waals surface area contributed by atoms with Gasteiger partial charge in [0.2, 0.25) is 0 Å². The molecule has 1 fully saturated rings. The molecule has 1 aromatic rings. The van der Waals surface area contributed by atoms with E-state index in [4.69, 9.17) is 4.74 Å². The Balaban J connectivity index is 1.84. The zero-order valence-corrected chi connectivity index (χ0v) is 14.1. The number of piperidine rings is 1. The number of hydrogen-bond acceptors (Lipinski definition) is 4. The summed E-state index contributed by atoms with van der Waals surface area (Å²) in [6.07, 6.45) is 3.75. The Bertz CT molecular complexity index is 511. The van der Waals surface area contributed by atoms with Gasteiger partial charge < -0.3 is 15.0 Å². The van der Waals surface area contributed by atoms with E-state index in [0.717, 1.165) is 38.3 Å². The van der Waals surface area contributed by atoms with Crippen molar-refractivity contribution in [1.82, 2.24) is 9.88 Å². The topological polar surface area (TPSA) is 54.5 Å². The van der Waals surface area contributed by atoms with Crippen LogP contribution in [0.2, 0.25) is 0 Å². The van der Waals surface area contributed by atoms with Crippen LogP contribution in [0.1, 0.15) is 39.2 Å². The number of anilines is 1. The highest BCUT2D eigenvalue weighted by Gasteiger charge is 2.27. The van der Waals surface area contributed by atoms with Crippen molar-refractivity contribution < 1.29 is 9.53 Å². The molecule has 5 nitrogen and oxygen atoms in total. The Kier molecular flexibility index (Phi) is 5.27. The van der Waals surface area contributed by atoms with Crippen molar-refractivity contribution in [1.29, 1.82) is 0 Å². The van der Waals surface area contributed by atoms with Gasteiger partial charge in [-0.05, 0) is 64.2 Å². The second-order valence-corrected chi connectivity index (χ2v) is 7.03. The average Bonchev–Trinajstić information content (AvgIpc) is 2.44. The van der Waals surface area contributed by atoms with Gasteiger partial charge in [-0.15, -0.1) is 0 Å². The highest BCUT2D eigenvalue weighted by molar-refractivity contribution is 5.68. The summed E-state index contributed by atoms with van der Waals surface area (Å²) in [5.74, 6) is 1.33. The van der Waals surface area contributed by atoms with Crippen molar-refractivity contribution in [3.05, 3.63) is 23.9 Å². The third-order valence-electron chi connectivity index (χ3n) is 3.66. The molecule has 0 saturated carbocycles. The third-order valence-corrected chi connectivity index (χ3v) is 3.66. The fourth-order valence-electron chi connectivity index (χ4n) is 2.61. The highest BCUT2D eigenvalue weighted by Crippen LogP contribution is 2.20. The Morgan fingerprint density at radius 3 is 2.95 bits per heavy atom. The quantitative estimate of drug-likeness (QED) is 0.929. The molecule has 1 atom stereocenters. The molecule has 0 spiro atoms. The number of amides is 1. The van der Waals surface area contributed by atoms with Crippen LogP contribution in [0.15, 0.2) is 18.3 Å². The van der Waals surface area contributed by atoms with Crippen molar-refractivity contribution in [2.45, 2.75) is 46.1 Å². The summed E-state index contributed by atoms with van der Waals surface area (Å²) in [4.78, 5) is 18.3. The van der Waals surface area contributed by atoms with Gasteiger partial charge in [-0.25, -0.2) is 9.78 Å². The molecular formula is C17H27N3O2. The van der Waals surface area contributed by atoms with E-state index in [0.29, 0.717) is 5.92 Å². The molecule has 2 rings (SSSR count). The monoisotopic (exact) mass is 305 g/mol. The molecule has 22 heavy (non-hydrogen) atoms.